The van der Waals surface area contributed by atoms with Crippen LogP contribution in [0.3, 0.4) is 0 Å². The van der Waals surface area contributed by atoms with E-state index < -0.39 is 0 Å². The zero-order chi connectivity index (χ0) is 8.28. The third-order valence-corrected chi connectivity index (χ3v) is 4.68. The highest BCUT2D eigenvalue weighted by Gasteiger charge is 2.66. The van der Waals surface area contributed by atoms with Crippen molar-refractivity contribution in [2.75, 3.05) is 0 Å². The Morgan fingerprint density at radius 1 is 1.36 bits per heavy atom. The molecule has 62 valence electrons. The first-order valence-corrected chi connectivity index (χ1v) is 4.47. The molecule has 0 aromatic carbocycles. The van der Waals surface area contributed by atoms with Crippen LogP contribution in [0.1, 0.15) is 33.6 Å². The highest BCUT2D eigenvalue weighted by molar-refractivity contribution is 5.58. The molecule has 0 amide bonds. The summed E-state index contributed by atoms with van der Waals surface area (Å²) in [5, 5.41) is 0. The lowest BCUT2D eigenvalue weighted by Gasteiger charge is -2.54. The van der Waals surface area contributed by atoms with Crippen LogP contribution in [0, 0.1) is 22.7 Å². The van der Waals surface area contributed by atoms with Gasteiger partial charge in [0.25, 0.3) is 0 Å². The second-order valence-electron chi connectivity index (χ2n) is 5.02. The summed E-state index contributed by atoms with van der Waals surface area (Å²) in [6, 6.07) is 0. The van der Waals surface area contributed by atoms with Gasteiger partial charge in [0.2, 0.25) is 0 Å². The minimum atomic E-state index is 0.333. The van der Waals surface area contributed by atoms with E-state index >= 15 is 0 Å². The molecule has 0 aliphatic heterocycles. The second-order valence-corrected chi connectivity index (χ2v) is 5.02. The van der Waals surface area contributed by atoms with Crippen molar-refractivity contribution < 1.29 is 4.79 Å². The van der Waals surface area contributed by atoms with Gasteiger partial charge in [-0.3, -0.25) is 0 Å². The Balaban J connectivity index is 2.33. The van der Waals surface area contributed by atoms with Gasteiger partial charge in [0.1, 0.15) is 6.29 Å². The Morgan fingerprint density at radius 3 is 2.18 bits per heavy atom. The molecule has 0 aromatic heterocycles. The number of carbonyl (C=O) groups is 1. The first-order valence-electron chi connectivity index (χ1n) is 4.47. The molecule has 0 aromatic rings. The third kappa shape index (κ3) is 0.567. The monoisotopic (exact) mass is 152 g/mol. The van der Waals surface area contributed by atoms with Gasteiger partial charge >= 0.3 is 0 Å². The summed E-state index contributed by atoms with van der Waals surface area (Å²) in [4.78, 5) is 10.7. The van der Waals surface area contributed by atoms with Gasteiger partial charge in [-0.1, -0.05) is 20.8 Å². The number of fused-ring (bicyclic) bond motifs is 1. The van der Waals surface area contributed by atoms with Crippen molar-refractivity contribution in [2.24, 2.45) is 22.7 Å². The maximum absolute atomic E-state index is 10.7. The summed E-state index contributed by atoms with van der Waals surface area (Å²) in [5.41, 5.74) is 0.762. The highest BCUT2D eigenvalue weighted by Crippen LogP contribution is 2.72. The van der Waals surface area contributed by atoms with Crippen LogP contribution in [0.25, 0.3) is 0 Å². The molecule has 0 saturated heterocycles. The standard InChI is InChI=1S/C10H16O/c1-9(2)7-4-8(6-11)10(9,3)5-7/h6-8H,4-5H2,1-3H3. The average Bonchev–Trinajstić information content (AvgIpc) is 2.38. The molecule has 2 bridgehead atoms. The molecule has 0 heterocycles. The summed E-state index contributed by atoms with van der Waals surface area (Å²) in [6.07, 6.45) is 3.60. The molecule has 3 saturated carbocycles. The van der Waals surface area contributed by atoms with Crippen LogP contribution in [0.4, 0.5) is 0 Å². The molecule has 0 N–H and O–H groups in total. The first-order chi connectivity index (χ1) is 5.02. The van der Waals surface area contributed by atoms with Crippen molar-refractivity contribution in [3.05, 3.63) is 0 Å². The van der Waals surface area contributed by atoms with Crippen molar-refractivity contribution in [3.8, 4) is 0 Å². The van der Waals surface area contributed by atoms with Gasteiger partial charge in [0.15, 0.2) is 0 Å². The van der Waals surface area contributed by atoms with Crippen LogP contribution >= 0.6 is 0 Å². The summed E-state index contributed by atoms with van der Waals surface area (Å²) in [5.74, 6) is 1.17. The van der Waals surface area contributed by atoms with E-state index in [1.165, 1.54) is 12.7 Å². The van der Waals surface area contributed by atoms with E-state index in [9.17, 15) is 4.79 Å². The van der Waals surface area contributed by atoms with E-state index in [1.54, 1.807) is 0 Å². The summed E-state index contributed by atoms with van der Waals surface area (Å²) >= 11 is 0. The predicted octanol–water partition coefficient (Wildman–Crippen LogP) is 2.26. The fraction of sp³-hybridized carbons (Fsp3) is 0.900. The smallest absolute Gasteiger partial charge is 0.123 e. The van der Waals surface area contributed by atoms with Crippen LogP contribution in [0.5, 0.6) is 0 Å². The van der Waals surface area contributed by atoms with E-state index in [1.807, 2.05) is 0 Å². The second kappa shape index (κ2) is 1.70. The maximum Gasteiger partial charge on any atom is 0.123 e. The molecule has 3 aliphatic carbocycles. The number of rotatable bonds is 1. The SMILES string of the molecule is CC1(C)C2CC(C=O)C1(C)C2. The topological polar surface area (TPSA) is 17.1 Å². The molecule has 3 aliphatic rings. The van der Waals surface area contributed by atoms with Gasteiger partial charge in [-0.15, -0.1) is 0 Å². The average molecular weight is 152 g/mol. The van der Waals surface area contributed by atoms with Gasteiger partial charge < -0.3 is 4.79 Å². The van der Waals surface area contributed by atoms with Crippen molar-refractivity contribution in [2.45, 2.75) is 33.6 Å². The molecular formula is C10H16O. The molecular weight excluding hydrogens is 136 g/mol. The molecule has 1 nitrogen and oxygen atoms in total. The summed E-state index contributed by atoms with van der Waals surface area (Å²) < 4.78 is 0. The summed E-state index contributed by atoms with van der Waals surface area (Å²) in [6.45, 7) is 6.89. The van der Waals surface area contributed by atoms with E-state index in [-0.39, 0.29) is 0 Å². The molecule has 0 spiro atoms. The zero-order valence-corrected chi connectivity index (χ0v) is 7.55. The number of aldehydes is 1. The Labute approximate surface area is 68.2 Å². The van der Waals surface area contributed by atoms with E-state index in [0.29, 0.717) is 16.7 Å². The van der Waals surface area contributed by atoms with Crippen molar-refractivity contribution in [3.63, 3.8) is 0 Å². The van der Waals surface area contributed by atoms with Gasteiger partial charge in [0, 0.05) is 5.92 Å². The first kappa shape index (κ1) is 7.33. The largest absolute Gasteiger partial charge is 0.303 e. The Hall–Kier alpha value is -0.330. The Bertz CT molecular complexity index is 207. The van der Waals surface area contributed by atoms with E-state index in [2.05, 4.69) is 20.8 Å². The quantitative estimate of drug-likeness (QED) is 0.527. The van der Waals surface area contributed by atoms with Gasteiger partial charge in [-0.2, -0.15) is 0 Å². The number of carbonyl (C=O) groups excluding carboxylic acids is 1. The fourth-order valence-electron chi connectivity index (χ4n) is 3.14. The predicted molar refractivity (Wildman–Crippen MR) is 44.2 cm³/mol. The lowest BCUT2D eigenvalue weighted by molar-refractivity contribution is -0.119. The van der Waals surface area contributed by atoms with Crippen LogP contribution < -0.4 is 0 Å². The summed E-state index contributed by atoms with van der Waals surface area (Å²) in [7, 11) is 0. The van der Waals surface area contributed by atoms with Crippen molar-refractivity contribution >= 4 is 6.29 Å². The number of hydrogen-bond donors (Lipinski definition) is 0. The lowest BCUT2D eigenvalue weighted by Crippen LogP contribution is -2.48. The van der Waals surface area contributed by atoms with Crippen molar-refractivity contribution in [1.29, 1.82) is 0 Å². The molecule has 3 atom stereocenters. The third-order valence-electron chi connectivity index (χ3n) is 4.68. The lowest BCUT2D eigenvalue weighted by atomic mass is 9.50. The van der Waals surface area contributed by atoms with Gasteiger partial charge in [0.05, 0.1) is 0 Å². The highest BCUT2D eigenvalue weighted by atomic mass is 16.1. The number of hydrogen-bond acceptors (Lipinski definition) is 1. The fourth-order valence-corrected chi connectivity index (χ4v) is 3.14. The van der Waals surface area contributed by atoms with Gasteiger partial charge in [-0.05, 0) is 29.6 Å². The van der Waals surface area contributed by atoms with E-state index in [0.717, 1.165) is 12.3 Å². The molecule has 3 unspecified atom stereocenters. The van der Waals surface area contributed by atoms with Crippen LogP contribution in [-0.4, -0.2) is 6.29 Å². The zero-order valence-electron chi connectivity index (χ0n) is 7.55. The molecule has 0 radical (unpaired) electrons. The molecule has 3 rings (SSSR count). The van der Waals surface area contributed by atoms with E-state index in [4.69, 9.17) is 0 Å². The normalized spacial score (nSPS) is 51.9. The molecule has 3 fully saturated rings. The van der Waals surface area contributed by atoms with Crippen LogP contribution in [0.2, 0.25) is 0 Å². The van der Waals surface area contributed by atoms with Crippen molar-refractivity contribution in [1.82, 2.24) is 0 Å². The molecule has 1 heteroatoms. The van der Waals surface area contributed by atoms with Gasteiger partial charge in [-0.25, -0.2) is 0 Å². The minimum Gasteiger partial charge on any atom is -0.303 e. The molecule has 11 heavy (non-hydrogen) atoms. The van der Waals surface area contributed by atoms with Crippen LogP contribution in [-0.2, 0) is 4.79 Å². The Morgan fingerprint density at radius 2 is 2.00 bits per heavy atom. The van der Waals surface area contributed by atoms with Crippen LogP contribution in [0.15, 0.2) is 0 Å². The minimum absolute atomic E-state index is 0.333. The maximum atomic E-state index is 10.7. The Kier molecular flexibility index (Phi) is 1.13.